The number of rotatable bonds is 7. The van der Waals surface area contributed by atoms with Crippen LogP contribution in [-0.2, 0) is 35.9 Å². The van der Waals surface area contributed by atoms with Gasteiger partial charge in [0, 0.05) is 30.8 Å². The molecule has 6 atom stereocenters. The van der Waals surface area contributed by atoms with Gasteiger partial charge in [-0.2, -0.15) is 0 Å². The number of likely N-dealkylation sites (tertiary alicyclic amines) is 1. The smallest absolute Gasteiger partial charge is 0.421 e. The van der Waals surface area contributed by atoms with E-state index < -0.39 is 70.0 Å². The first-order valence-electron chi connectivity index (χ1n) is 24.8. The van der Waals surface area contributed by atoms with Gasteiger partial charge >= 0.3 is 12.1 Å². The lowest BCUT2D eigenvalue weighted by atomic mass is 9.64. The normalized spacial score (nSPS) is 25.1. The summed E-state index contributed by atoms with van der Waals surface area (Å²) in [6.07, 6.45) is 6.86. The first-order chi connectivity index (χ1) is 34.5. The lowest BCUT2D eigenvalue weighted by Gasteiger charge is -2.46. The van der Waals surface area contributed by atoms with Gasteiger partial charge in [0.1, 0.15) is 35.5 Å². The Morgan fingerprint density at radius 2 is 1.37 bits per heavy atom. The van der Waals surface area contributed by atoms with Crippen molar-refractivity contribution in [2.24, 2.45) is 5.92 Å². The monoisotopic (exact) mass is 956 g/mol. The van der Waals surface area contributed by atoms with E-state index in [0.29, 0.717) is 61.0 Å². The van der Waals surface area contributed by atoms with Crippen molar-refractivity contribution in [3.8, 4) is 17.6 Å². The van der Waals surface area contributed by atoms with Crippen LogP contribution >= 0.6 is 0 Å². The van der Waals surface area contributed by atoms with E-state index in [4.69, 9.17) is 9.47 Å². The second-order valence-corrected chi connectivity index (χ2v) is 19.5. The third-order valence-corrected chi connectivity index (χ3v) is 15.2. The number of hydrogen-bond donors (Lipinski definition) is 2. The molecule has 0 unspecified atom stereocenters. The summed E-state index contributed by atoms with van der Waals surface area (Å²) in [5, 5.41) is 34.0. The lowest BCUT2D eigenvalue weighted by molar-refractivity contribution is -0.384. The number of aliphatic hydroxyl groups is 1. The van der Waals surface area contributed by atoms with Crippen LogP contribution in [0, 0.1) is 27.9 Å². The second-order valence-electron chi connectivity index (χ2n) is 19.5. The Morgan fingerprint density at radius 1 is 0.746 bits per heavy atom. The fraction of sp³-hybridized carbons (Fsp3) is 0.368. The van der Waals surface area contributed by atoms with E-state index in [1.165, 1.54) is 36.4 Å². The zero-order valence-electron chi connectivity index (χ0n) is 39.4. The van der Waals surface area contributed by atoms with E-state index >= 15 is 14.4 Å². The summed E-state index contributed by atoms with van der Waals surface area (Å²) in [5.41, 5.74) is -0.283. The number of morpholine rings is 1. The molecule has 71 heavy (non-hydrogen) atoms. The fourth-order valence-corrected chi connectivity index (χ4v) is 11.8. The molecule has 0 radical (unpaired) electrons. The molecular weight excluding hydrogens is 901 g/mol. The van der Waals surface area contributed by atoms with E-state index in [0.717, 1.165) is 55.4 Å². The number of nitro groups is 1. The van der Waals surface area contributed by atoms with Crippen LogP contribution in [0.1, 0.15) is 122 Å². The Kier molecular flexibility index (Phi) is 13.2. The molecule has 14 nitrogen and oxygen atoms in total. The Labute approximate surface area is 412 Å². The van der Waals surface area contributed by atoms with Gasteiger partial charge in [-0.25, -0.2) is 9.69 Å². The molecule has 5 aromatic carbocycles. The number of hydrogen-bond acceptors (Lipinski definition) is 11. The maximum Gasteiger partial charge on any atom is 0.421 e. The third-order valence-electron chi connectivity index (χ3n) is 15.2. The van der Waals surface area contributed by atoms with Crippen LogP contribution in [0.4, 0.5) is 16.2 Å². The summed E-state index contributed by atoms with van der Waals surface area (Å²) >= 11 is 0. The van der Waals surface area contributed by atoms with E-state index in [1.807, 2.05) is 65.6 Å². The zero-order valence-corrected chi connectivity index (χ0v) is 39.4. The van der Waals surface area contributed by atoms with E-state index in [-0.39, 0.29) is 29.3 Å². The van der Waals surface area contributed by atoms with Crippen molar-refractivity contribution in [1.82, 2.24) is 9.80 Å². The van der Waals surface area contributed by atoms with Gasteiger partial charge in [-0.05, 0) is 109 Å². The number of phenols is 1. The number of anilines is 1. The van der Waals surface area contributed by atoms with Gasteiger partial charge in [-0.1, -0.05) is 117 Å². The van der Waals surface area contributed by atoms with Crippen molar-refractivity contribution in [1.29, 1.82) is 0 Å². The number of esters is 1. The predicted octanol–water partition coefficient (Wildman–Crippen LogP) is 9.53. The Bertz CT molecular complexity index is 2870. The molecule has 10 rings (SSSR count). The van der Waals surface area contributed by atoms with Gasteiger partial charge in [0.2, 0.25) is 11.8 Å². The number of ether oxygens (including phenoxy) is 2. The molecule has 1 saturated carbocycles. The number of nitrogens with zero attached hydrogens (tertiary/aromatic N) is 4. The number of benzene rings is 5. The van der Waals surface area contributed by atoms with Crippen molar-refractivity contribution in [3.63, 3.8) is 0 Å². The molecule has 3 amide bonds. The average molecular weight is 957 g/mol. The van der Waals surface area contributed by atoms with Crippen molar-refractivity contribution in [2.45, 2.75) is 112 Å². The van der Waals surface area contributed by atoms with Crippen molar-refractivity contribution >= 4 is 35.3 Å². The molecule has 0 aromatic heterocycles. The van der Waals surface area contributed by atoms with E-state index in [9.17, 15) is 25.1 Å². The van der Waals surface area contributed by atoms with Crippen LogP contribution < -0.4 is 4.90 Å². The minimum Gasteiger partial charge on any atom is -0.508 e. The molecule has 2 N–H and O–H groups in total. The quantitative estimate of drug-likeness (QED) is 0.0522. The van der Waals surface area contributed by atoms with Crippen LogP contribution in [0.5, 0.6) is 5.75 Å². The molecule has 14 heteroatoms. The lowest BCUT2D eigenvalue weighted by Crippen LogP contribution is -2.56. The molecule has 364 valence electrons. The summed E-state index contributed by atoms with van der Waals surface area (Å²) in [6.45, 7) is 0.425. The molecular formula is C57H56N4O10. The van der Waals surface area contributed by atoms with Crippen molar-refractivity contribution < 1.29 is 43.8 Å². The largest absolute Gasteiger partial charge is 0.508 e. The standard InChI is InChI=1S/C57H56N4O10/c62-44-27-23-42(24-28-44)51-57(47(52(63)58-34-14-4-1-5-15-35-58)49-53(64)71-50(41-18-10-7-11-19-41)48(60(49)51)40-16-8-6-9-17-40)45-36-38(30-33-56(67)31-12-2-3-13-32-56)22-29-46(45)59(54(57)65)55(66)70-37-39-20-25-43(26-21-39)61(68)69/h6-11,16-29,36,47-51,62,67H,1-5,12-15,31-32,34-35,37H2/t47-,48-,49-,50+,51+,57-/m0/s1. The van der Waals surface area contributed by atoms with Gasteiger partial charge in [-0.3, -0.25) is 29.4 Å². The zero-order chi connectivity index (χ0) is 49.3. The second kappa shape index (κ2) is 19.8. The van der Waals surface area contributed by atoms with Gasteiger partial charge in [0.25, 0.3) is 5.69 Å². The van der Waals surface area contributed by atoms with E-state index in [1.54, 1.807) is 35.2 Å². The molecule has 3 saturated heterocycles. The minimum absolute atomic E-state index is 0.0472. The van der Waals surface area contributed by atoms with Gasteiger partial charge in [0.15, 0.2) is 0 Å². The maximum atomic E-state index is 16.7. The van der Waals surface area contributed by atoms with Crippen molar-refractivity contribution in [2.75, 3.05) is 18.0 Å². The van der Waals surface area contributed by atoms with Crippen LogP contribution in [0.3, 0.4) is 0 Å². The average Bonchev–Trinajstić information content (AvgIpc) is 3.71. The highest BCUT2D eigenvalue weighted by atomic mass is 16.6. The Hall–Kier alpha value is -7.34. The number of aromatic hydroxyl groups is 1. The van der Waals surface area contributed by atoms with Crippen LogP contribution in [0.15, 0.2) is 127 Å². The SMILES string of the molecule is O=C1O[C@H](c2ccccc2)[C@H](c2ccccc2)N2[C@H]1[C@@H](C(=O)N1CCCCCCC1)[C@]1(C(=O)N(C(=O)OCc3ccc([N+](=O)[O-])cc3)c3ccc(C#CC4(O)CCCCCC4)cc31)[C@H]2c1ccc(O)cc1. The minimum atomic E-state index is -2.06. The number of carbonyl (C=O) groups is 4. The number of non-ortho nitro benzene ring substituents is 1. The van der Waals surface area contributed by atoms with Gasteiger partial charge in [0.05, 0.1) is 28.6 Å². The molecule has 5 aliphatic rings. The molecule has 4 aliphatic heterocycles. The highest BCUT2D eigenvalue weighted by Gasteiger charge is 2.76. The summed E-state index contributed by atoms with van der Waals surface area (Å²) in [7, 11) is 0. The van der Waals surface area contributed by atoms with Crippen LogP contribution in [-0.4, -0.2) is 73.5 Å². The number of nitro benzene ring substituents is 1. The van der Waals surface area contributed by atoms with Gasteiger partial charge < -0.3 is 24.6 Å². The number of imide groups is 1. The predicted molar refractivity (Wildman–Crippen MR) is 263 cm³/mol. The first kappa shape index (κ1) is 47.3. The van der Waals surface area contributed by atoms with Crippen LogP contribution in [0.25, 0.3) is 0 Å². The maximum absolute atomic E-state index is 16.7. The molecule has 1 spiro atoms. The molecule has 1 aliphatic carbocycles. The molecule has 5 aromatic rings. The first-order valence-corrected chi connectivity index (χ1v) is 24.8. The Morgan fingerprint density at radius 3 is 2.01 bits per heavy atom. The Balaban J connectivity index is 1.23. The summed E-state index contributed by atoms with van der Waals surface area (Å²) in [6, 6.07) is 32.4. The number of carbonyl (C=O) groups excluding carboxylic acids is 4. The third kappa shape index (κ3) is 8.82. The van der Waals surface area contributed by atoms with Crippen molar-refractivity contribution in [3.05, 3.63) is 171 Å². The van der Waals surface area contributed by atoms with Gasteiger partial charge in [-0.15, -0.1) is 0 Å². The number of amides is 3. The summed E-state index contributed by atoms with van der Waals surface area (Å²) in [5.74, 6) is 2.91. The van der Waals surface area contributed by atoms with E-state index in [2.05, 4.69) is 11.8 Å². The molecule has 4 heterocycles. The molecule has 4 fully saturated rings. The summed E-state index contributed by atoms with van der Waals surface area (Å²) in [4.78, 5) is 78.9. The number of phenolic OH excluding ortho intramolecular Hbond substituents is 1. The summed E-state index contributed by atoms with van der Waals surface area (Å²) < 4.78 is 12.6. The number of fused-ring (bicyclic) bond motifs is 3. The molecule has 0 bridgehead atoms. The fourth-order valence-electron chi connectivity index (χ4n) is 11.8. The van der Waals surface area contributed by atoms with Crippen LogP contribution in [0.2, 0.25) is 0 Å². The topological polar surface area (TPSA) is 180 Å². The number of cyclic esters (lactones) is 1. The highest BCUT2D eigenvalue weighted by molar-refractivity contribution is 6.23. The highest BCUT2D eigenvalue weighted by Crippen LogP contribution is 2.66.